The van der Waals surface area contributed by atoms with Gasteiger partial charge in [0.1, 0.15) is 5.82 Å². The normalized spacial score (nSPS) is 29.4. The number of halogens is 1. The summed E-state index contributed by atoms with van der Waals surface area (Å²) in [4.78, 5) is 14.5. The first-order valence-electron chi connectivity index (χ1n) is 7.35. The van der Waals surface area contributed by atoms with E-state index in [2.05, 4.69) is 0 Å². The van der Waals surface area contributed by atoms with Crippen molar-refractivity contribution in [2.24, 2.45) is 17.6 Å². The van der Waals surface area contributed by atoms with Crippen molar-refractivity contribution in [2.75, 3.05) is 13.1 Å². The van der Waals surface area contributed by atoms with Gasteiger partial charge in [-0.15, -0.1) is 0 Å². The quantitative estimate of drug-likeness (QED) is 0.855. The highest BCUT2D eigenvalue weighted by atomic mass is 19.1. The molecule has 1 aliphatic carbocycles. The van der Waals surface area contributed by atoms with Crippen LogP contribution in [0.25, 0.3) is 0 Å². The van der Waals surface area contributed by atoms with Crippen molar-refractivity contribution in [3.05, 3.63) is 35.1 Å². The van der Waals surface area contributed by atoms with Gasteiger partial charge in [-0.1, -0.05) is 0 Å². The highest BCUT2D eigenvalue weighted by Crippen LogP contribution is 2.36. The molecule has 2 fully saturated rings. The number of carbonyl (C=O) groups is 1. The Kier molecular flexibility index (Phi) is 3.50. The van der Waals surface area contributed by atoms with Crippen LogP contribution in [-0.2, 0) is 0 Å². The third-order valence-electron chi connectivity index (χ3n) is 4.80. The number of hydrogen-bond acceptors (Lipinski definition) is 2. The molecule has 0 aromatic heterocycles. The van der Waals surface area contributed by atoms with Gasteiger partial charge in [0.15, 0.2) is 0 Å². The van der Waals surface area contributed by atoms with Crippen molar-refractivity contribution in [1.29, 1.82) is 0 Å². The molecule has 0 bridgehead atoms. The minimum absolute atomic E-state index is 0.0328. The molecule has 1 heterocycles. The average molecular weight is 276 g/mol. The second kappa shape index (κ2) is 5.17. The Morgan fingerprint density at radius 2 is 2.05 bits per heavy atom. The largest absolute Gasteiger partial charge is 0.338 e. The number of carbonyl (C=O) groups excluding carboxylic acids is 1. The van der Waals surface area contributed by atoms with E-state index in [0.717, 1.165) is 32.4 Å². The van der Waals surface area contributed by atoms with Gasteiger partial charge in [-0.3, -0.25) is 4.79 Å². The molecule has 1 saturated carbocycles. The van der Waals surface area contributed by atoms with Crippen molar-refractivity contribution >= 4 is 5.91 Å². The number of hydrogen-bond donors (Lipinski definition) is 1. The predicted molar refractivity (Wildman–Crippen MR) is 75.8 cm³/mol. The molecule has 1 amide bonds. The summed E-state index contributed by atoms with van der Waals surface area (Å²) in [6, 6.07) is 4.67. The van der Waals surface area contributed by atoms with Gasteiger partial charge in [0.05, 0.1) is 0 Å². The monoisotopic (exact) mass is 276 g/mol. The van der Waals surface area contributed by atoms with Crippen LogP contribution >= 0.6 is 0 Å². The summed E-state index contributed by atoms with van der Waals surface area (Å²) in [7, 11) is 0. The van der Waals surface area contributed by atoms with Crippen LogP contribution < -0.4 is 5.73 Å². The molecule has 2 N–H and O–H groups in total. The van der Waals surface area contributed by atoms with Crippen LogP contribution in [0.3, 0.4) is 0 Å². The van der Waals surface area contributed by atoms with E-state index in [1.165, 1.54) is 12.1 Å². The van der Waals surface area contributed by atoms with E-state index >= 15 is 0 Å². The molecule has 0 spiro atoms. The van der Waals surface area contributed by atoms with Gasteiger partial charge < -0.3 is 10.6 Å². The molecule has 1 aromatic rings. The van der Waals surface area contributed by atoms with E-state index in [9.17, 15) is 9.18 Å². The van der Waals surface area contributed by atoms with Crippen LogP contribution in [0, 0.1) is 24.6 Å². The van der Waals surface area contributed by atoms with E-state index < -0.39 is 0 Å². The Balaban J connectivity index is 1.75. The van der Waals surface area contributed by atoms with Gasteiger partial charge in [0.2, 0.25) is 0 Å². The average Bonchev–Trinajstić information content (AvgIpc) is 2.81. The number of nitrogens with zero attached hydrogens (tertiary/aromatic N) is 1. The van der Waals surface area contributed by atoms with Gasteiger partial charge in [-0.25, -0.2) is 4.39 Å². The summed E-state index contributed by atoms with van der Waals surface area (Å²) in [5, 5.41) is 0. The Morgan fingerprint density at radius 3 is 2.80 bits per heavy atom. The number of nitrogens with two attached hydrogens (primary N) is 1. The summed E-state index contributed by atoms with van der Waals surface area (Å²) in [6.45, 7) is 3.41. The van der Waals surface area contributed by atoms with Crippen molar-refractivity contribution in [3.63, 3.8) is 0 Å². The third-order valence-corrected chi connectivity index (χ3v) is 4.80. The standard InChI is InChI=1S/C16H21FN2O/c1-10-6-13(17)3-5-15(10)16(20)19-8-11-2-4-14(18)7-12(11)9-19/h3,5-6,11-12,14H,2,4,7-9,18H2,1H3/t11-,12+,14?/m1/s1. The van der Waals surface area contributed by atoms with Crippen LogP contribution in [0.2, 0.25) is 0 Å². The number of aryl methyl sites for hydroxylation is 1. The van der Waals surface area contributed by atoms with E-state index in [1.807, 2.05) is 4.90 Å². The zero-order chi connectivity index (χ0) is 14.3. The number of fused-ring (bicyclic) bond motifs is 1. The zero-order valence-electron chi connectivity index (χ0n) is 11.8. The maximum atomic E-state index is 13.1. The second-order valence-corrected chi connectivity index (χ2v) is 6.26. The van der Waals surface area contributed by atoms with Gasteiger partial charge in [0.25, 0.3) is 5.91 Å². The van der Waals surface area contributed by atoms with E-state index in [0.29, 0.717) is 29.0 Å². The highest BCUT2D eigenvalue weighted by molar-refractivity contribution is 5.95. The molecule has 4 heteroatoms. The Bertz CT molecular complexity index is 531. The van der Waals surface area contributed by atoms with Crippen LogP contribution in [0.5, 0.6) is 0 Å². The van der Waals surface area contributed by atoms with Gasteiger partial charge in [-0.05, 0) is 61.8 Å². The minimum atomic E-state index is -0.292. The molecular weight excluding hydrogens is 255 g/mol. The summed E-state index contributed by atoms with van der Waals surface area (Å²) < 4.78 is 13.1. The highest BCUT2D eigenvalue weighted by Gasteiger charge is 2.38. The van der Waals surface area contributed by atoms with Crippen LogP contribution in [0.4, 0.5) is 4.39 Å². The SMILES string of the molecule is Cc1cc(F)ccc1C(=O)N1C[C@H]2CCC(N)C[C@H]2C1. The molecule has 1 unspecified atom stereocenters. The zero-order valence-corrected chi connectivity index (χ0v) is 11.8. The minimum Gasteiger partial charge on any atom is -0.338 e. The molecule has 3 nitrogen and oxygen atoms in total. The molecular formula is C16H21FN2O. The fraction of sp³-hybridized carbons (Fsp3) is 0.562. The van der Waals surface area contributed by atoms with Crippen LogP contribution in [0.15, 0.2) is 18.2 Å². The second-order valence-electron chi connectivity index (χ2n) is 6.26. The Hall–Kier alpha value is -1.42. The first-order chi connectivity index (χ1) is 9.54. The molecule has 0 radical (unpaired) electrons. The number of amides is 1. The molecule has 3 rings (SSSR count). The molecule has 1 aromatic carbocycles. The maximum Gasteiger partial charge on any atom is 0.254 e. The summed E-state index contributed by atoms with van der Waals surface area (Å²) in [5.41, 5.74) is 7.35. The third kappa shape index (κ3) is 2.44. The molecule has 3 atom stereocenters. The fourth-order valence-electron chi connectivity index (χ4n) is 3.67. The number of benzene rings is 1. The lowest BCUT2D eigenvalue weighted by Crippen LogP contribution is -2.32. The number of likely N-dealkylation sites (tertiary alicyclic amines) is 1. The van der Waals surface area contributed by atoms with Crippen LogP contribution in [0.1, 0.15) is 35.2 Å². The van der Waals surface area contributed by atoms with E-state index in [1.54, 1.807) is 13.0 Å². The first kappa shape index (κ1) is 13.6. The fourth-order valence-corrected chi connectivity index (χ4v) is 3.67. The summed E-state index contributed by atoms with van der Waals surface area (Å²) >= 11 is 0. The Morgan fingerprint density at radius 1 is 1.30 bits per heavy atom. The van der Waals surface area contributed by atoms with Gasteiger partial charge in [0, 0.05) is 24.7 Å². The smallest absolute Gasteiger partial charge is 0.254 e. The van der Waals surface area contributed by atoms with E-state index in [-0.39, 0.29) is 11.7 Å². The Labute approximate surface area is 118 Å². The van der Waals surface area contributed by atoms with Crippen LogP contribution in [-0.4, -0.2) is 29.9 Å². The molecule has 2 aliphatic rings. The topological polar surface area (TPSA) is 46.3 Å². The van der Waals surface area contributed by atoms with E-state index in [4.69, 9.17) is 5.73 Å². The van der Waals surface area contributed by atoms with Crippen molar-refractivity contribution in [3.8, 4) is 0 Å². The molecule has 108 valence electrons. The number of rotatable bonds is 1. The summed E-state index contributed by atoms with van der Waals surface area (Å²) in [6.07, 6.45) is 3.22. The maximum absolute atomic E-state index is 13.1. The molecule has 1 aliphatic heterocycles. The molecule has 1 saturated heterocycles. The lowest BCUT2D eigenvalue weighted by atomic mass is 9.79. The summed E-state index contributed by atoms with van der Waals surface area (Å²) in [5.74, 6) is 0.883. The lowest BCUT2D eigenvalue weighted by Gasteiger charge is -2.27. The lowest BCUT2D eigenvalue weighted by molar-refractivity contribution is 0.0783. The van der Waals surface area contributed by atoms with Crippen molar-refractivity contribution in [1.82, 2.24) is 4.90 Å². The predicted octanol–water partition coefficient (Wildman–Crippen LogP) is 2.33. The van der Waals surface area contributed by atoms with Crippen molar-refractivity contribution in [2.45, 2.75) is 32.2 Å². The van der Waals surface area contributed by atoms with Gasteiger partial charge in [-0.2, -0.15) is 0 Å². The first-order valence-corrected chi connectivity index (χ1v) is 7.35. The van der Waals surface area contributed by atoms with Crippen molar-refractivity contribution < 1.29 is 9.18 Å². The van der Waals surface area contributed by atoms with Gasteiger partial charge >= 0.3 is 0 Å². The molecule has 20 heavy (non-hydrogen) atoms.